The van der Waals surface area contributed by atoms with Crippen molar-refractivity contribution in [3.8, 4) is 0 Å². The highest BCUT2D eigenvalue weighted by Gasteiger charge is 2.64. The van der Waals surface area contributed by atoms with E-state index in [4.69, 9.17) is 4.99 Å². The molecule has 6 rings (SSSR count). The van der Waals surface area contributed by atoms with E-state index in [2.05, 4.69) is 14.7 Å². The summed E-state index contributed by atoms with van der Waals surface area (Å²) < 4.78 is 0. The normalized spacial score (nSPS) is 37.6. The summed E-state index contributed by atoms with van der Waals surface area (Å²) >= 11 is 7.60. The number of rotatable bonds is 1. The van der Waals surface area contributed by atoms with Crippen molar-refractivity contribution in [1.82, 2.24) is 14.7 Å². The van der Waals surface area contributed by atoms with Gasteiger partial charge in [0.2, 0.25) is 0 Å². The van der Waals surface area contributed by atoms with Gasteiger partial charge < -0.3 is 14.7 Å². The molecule has 0 radical (unpaired) electrons. The highest BCUT2D eigenvalue weighted by Crippen LogP contribution is 2.52. The number of amides is 2. The molecule has 3 saturated heterocycles. The lowest BCUT2D eigenvalue weighted by Crippen LogP contribution is -2.62. The second kappa shape index (κ2) is 6.78. The number of nitrogens with zero attached hydrogens (tertiary/aromatic N) is 4. The first-order valence-corrected chi connectivity index (χ1v) is 14.1. The Labute approximate surface area is 181 Å². The number of hydrogen-bond donors (Lipinski definition) is 0. The van der Waals surface area contributed by atoms with Crippen LogP contribution in [0.4, 0.5) is 0 Å². The van der Waals surface area contributed by atoms with Gasteiger partial charge in [0.05, 0.1) is 12.1 Å². The monoisotopic (exact) mass is 454 g/mol. The average molecular weight is 455 g/mol. The minimum absolute atomic E-state index is 0.108. The van der Waals surface area contributed by atoms with Crippen molar-refractivity contribution < 1.29 is 9.59 Å². The molecule has 0 bridgehead atoms. The molecule has 0 aromatic carbocycles. The summed E-state index contributed by atoms with van der Waals surface area (Å²) in [5.74, 6) is 6.12. The van der Waals surface area contributed by atoms with E-state index in [1.54, 1.807) is 0 Å². The number of fused-ring (bicyclic) bond motifs is 5. The molecule has 3 fully saturated rings. The van der Waals surface area contributed by atoms with Crippen LogP contribution in [0.25, 0.3) is 0 Å². The average Bonchev–Trinajstić information content (AvgIpc) is 3.20. The van der Waals surface area contributed by atoms with Gasteiger partial charge in [0, 0.05) is 65.6 Å². The van der Waals surface area contributed by atoms with Crippen LogP contribution in [-0.4, -0.2) is 110 Å². The summed E-state index contributed by atoms with van der Waals surface area (Å²) in [6.45, 7) is 3.15. The zero-order valence-corrected chi connectivity index (χ0v) is 18.7. The van der Waals surface area contributed by atoms with Crippen LogP contribution in [0.5, 0.6) is 0 Å². The first-order valence-electron chi connectivity index (χ1n) is 9.84. The molecule has 6 aliphatic heterocycles. The fraction of sp³-hybridized carbons (Fsp3) is 0.722. The molecule has 150 valence electrons. The molecule has 0 spiro atoms. The highest BCUT2D eigenvalue weighted by atomic mass is 32.2. The van der Waals surface area contributed by atoms with Gasteiger partial charge in [-0.05, 0) is 0 Å². The van der Waals surface area contributed by atoms with Crippen molar-refractivity contribution in [2.24, 2.45) is 4.99 Å². The summed E-state index contributed by atoms with van der Waals surface area (Å²) in [5, 5.41) is 0. The van der Waals surface area contributed by atoms with Crippen molar-refractivity contribution in [3.05, 3.63) is 10.6 Å². The minimum Gasteiger partial charge on any atom is -0.344 e. The smallest absolute Gasteiger partial charge is 0.271 e. The Morgan fingerprint density at radius 3 is 2.64 bits per heavy atom. The predicted molar refractivity (Wildman–Crippen MR) is 119 cm³/mol. The molecule has 6 nitrogen and oxygen atoms in total. The summed E-state index contributed by atoms with van der Waals surface area (Å²) in [6.07, 6.45) is 0. The second-order valence-corrected chi connectivity index (χ2v) is 12.4. The lowest BCUT2D eigenvalue weighted by atomic mass is 10.0. The van der Waals surface area contributed by atoms with Gasteiger partial charge in [-0.25, -0.2) is 0 Å². The van der Waals surface area contributed by atoms with E-state index in [1.165, 1.54) is 4.91 Å². The third kappa shape index (κ3) is 2.32. The number of thioether (sulfide) groups is 4. The molecule has 3 unspecified atom stereocenters. The van der Waals surface area contributed by atoms with Crippen molar-refractivity contribution in [2.75, 3.05) is 60.7 Å². The molecule has 6 aliphatic rings. The van der Waals surface area contributed by atoms with Gasteiger partial charge in [-0.1, -0.05) is 0 Å². The molecule has 3 atom stereocenters. The van der Waals surface area contributed by atoms with Crippen molar-refractivity contribution >= 4 is 64.6 Å². The Kier molecular flexibility index (Phi) is 4.44. The fourth-order valence-electron chi connectivity index (χ4n) is 5.27. The van der Waals surface area contributed by atoms with Gasteiger partial charge in [-0.3, -0.25) is 14.6 Å². The SMILES string of the molecule is O=C1C2=C(SCCN2C23SCCN=C2C(=O)N2CCSCC23)C2CSCCN12. The summed E-state index contributed by atoms with van der Waals surface area (Å²) in [5.41, 5.74) is 1.60. The minimum atomic E-state index is -0.484. The topological polar surface area (TPSA) is 56.2 Å². The standard InChI is InChI=1S/C18H22N4O2S4/c23-16-13-14(11-9-25-6-2-20(11)16)27-8-4-22(13)18-12-10-26-7-3-21(12)17(24)15(18)19-1-5-28-18/h11-12H,1-10H2. The van der Waals surface area contributed by atoms with Crippen LogP contribution in [-0.2, 0) is 9.59 Å². The molecule has 0 aromatic rings. The Morgan fingerprint density at radius 1 is 0.929 bits per heavy atom. The lowest BCUT2D eigenvalue weighted by Gasteiger charge is -2.49. The Balaban J connectivity index is 1.49. The predicted octanol–water partition coefficient (Wildman–Crippen LogP) is 1.05. The lowest BCUT2D eigenvalue weighted by molar-refractivity contribution is -0.128. The van der Waals surface area contributed by atoms with E-state index < -0.39 is 4.87 Å². The van der Waals surface area contributed by atoms with Crippen LogP contribution in [0.1, 0.15) is 0 Å². The van der Waals surface area contributed by atoms with Gasteiger partial charge in [-0.2, -0.15) is 23.5 Å². The molecule has 2 amide bonds. The van der Waals surface area contributed by atoms with E-state index >= 15 is 0 Å². The summed E-state index contributed by atoms with van der Waals surface area (Å²) in [7, 11) is 0. The van der Waals surface area contributed by atoms with Crippen molar-refractivity contribution in [1.29, 1.82) is 0 Å². The van der Waals surface area contributed by atoms with Gasteiger partial charge in [0.15, 0.2) is 4.87 Å². The van der Waals surface area contributed by atoms with Crippen LogP contribution in [0, 0.1) is 0 Å². The number of aliphatic imine (C=N–C) groups is 1. The van der Waals surface area contributed by atoms with E-state index in [0.717, 1.165) is 59.8 Å². The fourth-order valence-corrected chi connectivity index (χ4v) is 10.4. The van der Waals surface area contributed by atoms with Crippen molar-refractivity contribution in [2.45, 2.75) is 17.0 Å². The Hall–Kier alpha value is -0.450. The first-order chi connectivity index (χ1) is 13.7. The quantitative estimate of drug-likeness (QED) is 0.587. The van der Waals surface area contributed by atoms with E-state index in [-0.39, 0.29) is 23.9 Å². The van der Waals surface area contributed by atoms with Crippen LogP contribution < -0.4 is 0 Å². The maximum Gasteiger partial charge on any atom is 0.271 e. The van der Waals surface area contributed by atoms with Crippen molar-refractivity contribution in [3.63, 3.8) is 0 Å². The molecule has 10 heteroatoms. The molecule has 0 saturated carbocycles. The van der Waals surface area contributed by atoms with E-state index in [9.17, 15) is 9.59 Å². The first kappa shape index (κ1) is 18.3. The largest absolute Gasteiger partial charge is 0.344 e. The molecule has 6 heterocycles. The second-order valence-electron chi connectivity index (χ2n) is 7.67. The third-order valence-corrected chi connectivity index (χ3v) is 11.2. The van der Waals surface area contributed by atoms with Gasteiger partial charge >= 0.3 is 0 Å². The van der Waals surface area contributed by atoms with E-state index in [0.29, 0.717) is 12.3 Å². The molecule has 0 aromatic heterocycles. The van der Waals surface area contributed by atoms with Crippen LogP contribution in [0.15, 0.2) is 15.6 Å². The van der Waals surface area contributed by atoms with Gasteiger partial charge in [0.25, 0.3) is 11.8 Å². The maximum atomic E-state index is 13.5. The van der Waals surface area contributed by atoms with E-state index in [1.807, 2.05) is 47.0 Å². The van der Waals surface area contributed by atoms with Crippen LogP contribution in [0.3, 0.4) is 0 Å². The molecule has 28 heavy (non-hydrogen) atoms. The number of carbonyl (C=O) groups excluding carboxylic acids is 2. The zero-order valence-electron chi connectivity index (χ0n) is 15.5. The Morgan fingerprint density at radius 2 is 1.75 bits per heavy atom. The van der Waals surface area contributed by atoms with Gasteiger partial charge in [0.1, 0.15) is 11.4 Å². The molecule has 0 N–H and O–H groups in total. The molecular weight excluding hydrogens is 432 g/mol. The Bertz CT molecular complexity index is 817. The highest BCUT2D eigenvalue weighted by molar-refractivity contribution is 8.03. The zero-order chi connectivity index (χ0) is 18.9. The molecular formula is C18H22N4O2S4. The molecule has 0 aliphatic carbocycles. The van der Waals surface area contributed by atoms with Gasteiger partial charge in [-0.15, -0.1) is 23.5 Å². The van der Waals surface area contributed by atoms with Crippen LogP contribution >= 0.6 is 47.0 Å². The van der Waals surface area contributed by atoms with Crippen LogP contribution in [0.2, 0.25) is 0 Å². The maximum absolute atomic E-state index is 13.5. The number of hydrogen-bond acceptors (Lipinski definition) is 8. The summed E-state index contributed by atoms with van der Waals surface area (Å²) in [4.78, 5) is 38.8. The number of carbonyl (C=O) groups is 2. The third-order valence-electron chi connectivity index (χ3n) is 6.44. The summed E-state index contributed by atoms with van der Waals surface area (Å²) in [6, 6.07) is 0.341.